The van der Waals surface area contributed by atoms with E-state index in [9.17, 15) is 19.2 Å². The number of aliphatic carboxylic acids is 1. The Labute approximate surface area is 254 Å². The minimum Gasteiger partial charge on any atom is -0.493 e. The first-order valence-electron chi connectivity index (χ1n) is 13.3. The first kappa shape index (κ1) is 31.8. The fourth-order valence-corrected chi connectivity index (χ4v) is 6.16. The first-order chi connectivity index (χ1) is 20.5. The smallest absolute Gasteiger partial charge is 0.303 e. The molecule has 0 aliphatic heterocycles. The minimum absolute atomic E-state index is 0.0438. The summed E-state index contributed by atoms with van der Waals surface area (Å²) in [6, 6.07) is 6.39. The molecule has 0 aliphatic rings. The monoisotopic (exact) mass is 631 g/mol. The molecule has 0 bridgehead atoms. The standard InChI is InChI=1S/C30H30FNO9S2/c1-15(16(2)33)10-20(35)26-12-18-24(43-26)14-22(30(32-18)39-4)40-8-5-9-41-29-21(38-3)13-23-17(28(29)31)11-25(42-23)19(34)6-7-27(36)37/h11-15H,5-10H2,1-4H3,(H,36,37)/t15-/m0/s1. The van der Waals surface area contributed by atoms with E-state index < -0.39 is 11.8 Å². The number of benzene rings is 1. The van der Waals surface area contributed by atoms with Gasteiger partial charge >= 0.3 is 5.97 Å². The van der Waals surface area contributed by atoms with Crippen LogP contribution < -0.4 is 18.9 Å². The van der Waals surface area contributed by atoms with Crippen molar-refractivity contribution in [3.63, 3.8) is 0 Å². The van der Waals surface area contributed by atoms with Gasteiger partial charge in [-0.2, -0.15) is 0 Å². The Morgan fingerprint density at radius 2 is 1.58 bits per heavy atom. The Morgan fingerprint density at radius 3 is 2.26 bits per heavy atom. The molecule has 4 aromatic rings. The molecule has 10 nitrogen and oxygen atoms in total. The number of pyridine rings is 1. The predicted molar refractivity (Wildman–Crippen MR) is 160 cm³/mol. The van der Waals surface area contributed by atoms with Crippen molar-refractivity contribution in [2.75, 3.05) is 27.4 Å². The second-order valence-electron chi connectivity index (χ2n) is 9.74. The zero-order chi connectivity index (χ0) is 31.3. The number of aromatic nitrogens is 1. The minimum atomic E-state index is -1.08. The second-order valence-corrected chi connectivity index (χ2v) is 11.9. The zero-order valence-electron chi connectivity index (χ0n) is 24.0. The maximum absolute atomic E-state index is 15.4. The largest absolute Gasteiger partial charge is 0.493 e. The van der Waals surface area contributed by atoms with Gasteiger partial charge in [0.15, 0.2) is 34.6 Å². The van der Waals surface area contributed by atoms with Crippen LogP contribution in [0.1, 0.15) is 58.9 Å². The highest BCUT2D eigenvalue weighted by atomic mass is 32.1. The van der Waals surface area contributed by atoms with E-state index in [0.29, 0.717) is 27.3 Å². The Morgan fingerprint density at radius 1 is 0.907 bits per heavy atom. The van der Waals surface area contributed by atoms with Gasteiger partial charge in [0.1, 0.15) is 5.78 Å². The lowest BCUT2D eigenvalue weighted by Crippen LogP contribution is -2.11. The highest BCUT2D eigenvalue weighted by Crippen LogP contribution is 2.40. The molecule has 0 amide bonds. The molecule has 0 saturated heterocycles. The number of carbonyl (C=O) groups is 4. The van der Waals surface area contributed by atoms with Crippen molar-refractivity contribution in [2.45, 2.75) is 39.5 Å². The SMILES string of the molecule is COc1cc2sc(C(=O)CCC(=O)O)cc2c(F)c1OCCCOc1cc2sc(C(=O)C[C@H](C)C(C)=O)cc2nc1OC. The highest BCUT2D eigenvalue weighted by Gasteiger charge is 2.22. The second kappa shape index (κ2) is 13.9. The van der Waals surface area contributed by atoms with Crippen LogP contribution in [0.5, 0.6) is 23.1 Å². The summed E-state index contributed by atoms with van der Waals surface area (Å²) in [5.74, 6) is -2.00. The molecule has 0 saturated carbocycles. The quantitative estimate of drug-likeness (QED) is 0.110. The molecular weight excluding hydrogens is 601 g/mol. The van der Waals surface area contributed by atoms with Crippen LogP contribution in [0.4, 0.5) is 4.39 Å². The van der Waals surface area contributed by atoms with Crippen molar-refractivity contribution < 1.29 is 47.6 Å². The maximum atomic E-state index is 15.4. The number of hydrogen-bond donors (Lipinski definition) is 1. The molecule has 0 aliphatic carbocycles. The fourth-order valence-electron chi connectivity index (χ4n) is 4.12. The molecule has 228 valence electrons. The number of carboxylic acid groups (broad SMARTS) is 1. The Bertz CT molecular complexity index is 1690. The van der Waals surface area contributed by atoms with Gasteiger partial charge in [-0.1, -0.05) is 6.92 Å². The number of carbonyl (C=O) groups excluding carboxylic acids is 3. The van der Waals surface area contributed by atoms with Gasteiger partial charge in [0.25, 0.3) is 5.88 Å². The van der Waals surface area contributed by atoms with Gasteiger partial charge in [-0.15, -0.1) is 22.7 Å². The molecular formula is C30H30FNO9S2. The molecule has 0 radical (unpaired) electrons. The van der Waals surface area contributed by atoms with Crippen LogP contribution in [-0.4, -0.2) is 60.8 Å². The summed E-state index contributed by atoms with van der Waals surface area (Å²) in [5.41, 5.74) is 0.578. The molecule has 0 unspecified atom stereocenters. The zero-order valence-corrected chi connectivity index (χ0v) is 25.6. The molecule has 4 rings (SSSR count). The van der Waals surface area contributed by atoms with Crippen molar-refractivity contribution in [2.24, 2.45) is 5.92 Å². The number of nitrogens with zero attached hydrogens (tertiary/aromatic N) is 1. The van der Waals surface area contributed by atoms with Gasteiger partial charge < -0.3 is 24.1 Å². The number of halogens is 1. The van der Waals surface area contributed by atoms with Crippen molar-refractivity contribution in [1.82, 2.24) is 4.98 Å². The van der Waals surface area contributed by atoms with Crippen LogP contribution in [0.15, 0.2) is 24.3 Å². The predicted octanol–water partition coefficient (Wildman–Crippen LogP) is 6.36. The molecule has 43 heavy (non-hydrogen) atoms. The number of fused-ring (bicyclic) bond motifs is 2. The van der Waals surface area contributed by atoms with E-state index in [2.05, 4.69) is 4.98 Å². The number of methoxy groups -OCH3 is 2. The maximum Gasteiger partial charge on any atom is 0.303 e. The van der Waals surface area contributed by atoms with Crippen molar-refractivity contribution in [1.29, 1.82) is 0 Å². The average molecular weight is 632 g/mol. The molecule has 1 aromatic carbocycles. The van der Waals surface area contributed by atoms with Crippen molar-refractivity contribution in [3.05, 3.63) is 39.8 Å². The van der Waals surface area contributed by atoms with Gasteiger partial charge in [0, 0.05) is 47.4 Å². The Hall–Kier alpha value is -4.10. The summed E-state index contributed by atoms with van der Waals surface area (Å²) in [5, 5.41) is 9.01. The third-order valence-electron chi connectivity index (χ3n) is 6.62. The number of carboxylic acids is 1. The normalized spacial score (nSPS) is 11.8. The molecule has 1 atom stereocenters. The summed E-state index contributed by atoms with van der Waals surface area (Å²) in [6.07, 6.45) is 0.00529. The van der Waals surface area contributed by atoms with Gasteiger partial charge in [-0.05, 0) is 19.1 Å². The topological polar surface area (TPSA) is 138 Å². The first-order valence-corrected chi connectivity index (χ1v) is 15.0. The van der Waals surface area contributed by atoms with Crippen LogP contribution in [0.25, 0.3) is 20.3 Å². The van der Waals surface area contributed by atoms with Gasteiger partial charge in [0.05, 0.1) is 53.8 Å². The van der Waals surface area contributed by atoms with E-state index in [4.69, 9.17) is 24.1 Å². The number of ketones is 3. The molecule has 3 heterocycles. The van der Waals surface area contributed by atoms with Crippen LogP contribution in [-0.2, 0) is 9.59 Å². The van der Waals surface area contributed by atoms with E-state index >= 15 is 4.39 Å². The number of ether oxygens (including phenoxy) is 4. The van der Waals surface area contributed by atoms with E-state index in [1.165, 1.54) is 38.5 Å². The van der Waals surface area contributed by atoms with Crippen LogP contribution >= 0.6 is 22.7 Å². The highest BCUT2D eigenvalue weighted by molar-refractivity contribution is 7.21. The number of hydrogen-bond acceptors (Lipinski definition) is 11. The third-order valence-corrected chi connectivity index (χ3v) is 8.86. The van der Waals surface area contributed by atoms with Crippen LogP contribution in [0.3, 0.4) is 0 Å². The molecule has 13 heteroatoms. The van der Waals surface area contributed by atoms with Gasteiger partial charge in [0.2, 0.25) is 0 Å². The Kier molecular flexibility index (Phi) is 10.3. The van der Waals surface area contributed by atoms with E-state index in [0.717, 1.165) is 16.0 Å². The summed E-state index contributed by atoms with van der Waals surface area (Å²) in [4.78, 5) is 52.5. The average Bonchev–Trinajstić information content (AvgIpc) is 3.60. The Balaban J connectivity index is 1.40. The molecule has 3 aromatic heterocycles. The molecule has 0 spiro atoms. The third kappa shape index (κ3) is 7.46. The molecule has 1 N–H and O–H groups in total. The van der Waals surface area contributed by atoms with Gasteiger partial charge in [-0.3, -0.25) is 19.2 Å². The van der Waals surface area contributed by atoms with Crippen molar-refractivity contribution >= 4 is 66.3 Å². The van der Waals surface area contributed by atoms with E-state index in [1.54, 1.807) is 25.1 Å². The number of thiophene rings is 2. The lowest BCUT2D eigenvalue weighted by Gasteiger charge is -2.13. The van der Waals surface area contributed by atoms with Crippen LogP contribution in [0, 0.1) is 11.7 Å². The van der Waals surface area contributed by atoms with Crippen molar-refractivity contribution in [3.8, 4) is 23.1 Å². The summed E-state index contributed by atoms with van der Waals surface area (Å²) >= 11 is 2.32. The van der Waals surface area contributed by atoms with E-state index in [-0.39, 0.29) is 83.4 Å². The lowest BCUT2D eigenvalue weighted by molar-refractivity contribution is -0.137. The van der Waals surface area contributed by atoms with Crippen LogP contribution in [0.2, 0.25) is 0 Å². The molecule has 0 fully saturated rings. The number of rotatable bonds is 16. The van der Waals surface area contributed by atoms with Gasteiger partial charge in [-0.25, -0.2) is 9.37 Å². The number of Topliss-reactive ketones (excluding diaryl/α,β-unsaturated/α-hetero) is 3. The summed E-state index contributed by atoms with van der Waals surface area (Å²) in [7, 11) is 2.84. The summed E-state index contributed by atoms with van der Waals surface area (Å²) < 4.78 is 38.9. The summed E-state index contributed by atoms with van der Waals surface area (Å²) in [6.45, 7) is 3.45. The lowest BCUT2D eigenvalue weighted by atomic mass is 10.0. The van der Waals surface area contributed by atoms with E-state index in [1.807, 2.05) is 0 Å². The fraction of sp³-hybridized carbons (Fsp3) is 0.367.